The van der Waals surface area contributed by atoms with E-state index < -0.39 is 94.2 Å². The van der Waals surface area contributed by atoms with Crippen molar-refractivity contribution in [2.24, 2.45) is 17.8 Å². The summed E-state index contributed by atoms with van der Waals surface area (Å²) in [7, 11) is -3.82. The first-order chi connectivity index (χ1) is 47.5. The van der Waals surface area contributed by atoms with E-state index in [2.05, 4.69) is 99.1 Å². The minimum absolute atomic E-state index is 0.00679. The number of aliphatic hydroxyl groups is 7. The number of aliphatic hydroxyl groups excluding tert-OH is 7. The summed E-state index contributed by atoms with van der Waals surface area (Å²) in [5.74, 6) is 3.69. The lowest BCUT2D eigenvalue weighted by Gasteiger charge is -2.17. The molecular formula is C61H86N21O14S3+. The second-order valence-electron chi connectivity index (χ2n) is 24.6. The molecule has 536 valence electrons. The molecule has 0 bridgehead atoms. The second-order valence-corrected chi connectivity index (χ2v) is 29.1. The van der Waals surface area contributed by atoms with Crippen molar-refractivity contribution in [3.8, 4) is 0 Å². The largest absolute Gasteiger partial charge is 0.394 e. The standard InChI is InChI=1S/C25H28N6O6S.C19H29N9O3S.C17H28N6O5S/c32-14-18-21(33)22(34)25(37-18)31-15-27-20-23(26-12-11-16-7-3-1-4-8-16)29-19(30-24(20)31)13-28-38(35,36)17-9-5-2-6-10-17;1-5-27-7-11(25-26-27)16-14(29)15(30)19(31-16)28-9-21-13-17(20-4)23-12(24-18(13)28)6-22-32-8-10(2)3;1-9(2)7-29(26,27)20-5-12-21-15(18-4)13-16(22-12)23(8-19-13)17-14(25)10(3)11(6-24)28-17/h1-10,15,18,21-22,25,28,32-34H,11-14H2,(H,26,29,30);7,9-10,14-16,19,22,29-30H,5-6,8H2,1-4H3,(H,20,23,24);8-11,14,17,20,24-25H,5-7H2,1-4H3,(H,18,21,22)/p+1/t18-,21-,22-,25-;14-,15+,16+,19+;10-,11-,14-,17-/m101/s1. The monoisotopic (exact) mass is 1430 g/mol. The summed E-state index contributed by atoms with van der Waals surface area (Å²) in [6.07, 6.45) is -3.88. The highest BCUT2D eigenvalue weighted by molar-refractivity contribution is 7.97. The number of ether oxygens (including phenoxy) is 3. The van der Waals surface area contributed by atoms with Crippen molar-refractivity contribution in [2.45, 2.75) is 147 Å². The molecule has 0 saturated carbocycles. The maximum absolute atomic E-state index is 12.8. The average Bonchev–Trinajstić information content (AvgIpc) is 1.65. The number of imidazole rings is 3. The zero-order chi connectivity index (χ0) is 70.9. The quantitative estimate of drug-likeness (QED) is 0.0191. The number of nitrogens with zero attached hydrogens (tertiary/aromatic N) is 14. The minimum Gasteiger partial charge on any atom is -0.394 e. The fourth-order valence-corrected chi connectivity index (χ4v) is 14.2. The number of sulfonamides is 2. The van der Waals surface area contributed by atoms with Gasteiger partial charge in [0, 0.05) is 37.4 Å². The third-order valence-electron chi connectivity index (χ3n) is 16.4. The molecule has 38 heteroatoms. The Bertz CT molecular complexity index is 4360. The Hall–Kier alpha value is -7.64. The summed E-state index contributed by atoms with van der Waals surface area (Å²) in [4.78, 5) is 40.2. The van der Waals surface area contributed by atoms with Crippen LogP contribution in [0.15, 0.2) is 90.7 Å². The molecule has 7 aromatic heterocycles. The molecule has 99 heavy (non-hydrogen) atoms. The summed E-state index contributed by atoms with van der Waals surface area (Å²) in [6.45, 7) is 12.5. The predicted octanol–water partition coefficient (Wildman–Crippen LogP) is 0.685. The smallest absolute Gasteiger partial charge is 0.249 e. The summed E-state index contributed by atoms with van der Waals surface area (Å²) in [6, 6.07) is 17.8. The first kappa shape index (κ1) is 74.1. The van der Waals surface area contributed by atoms with Crippen molar-refractivity contribution < 1.29 is 71.5 Å². The summed E-state index contributed by atoms with van der Waals surface area (Å²) >= 11 is 1.63. The Morgan fingerprint density at radius 2 is 1.12 bits per heavy atom. The van der Waals surface area contributed by atoms with Gasteiger partial charge in [-0.25, -0.2) is 71.1 Å². The number of hydrogen-bond donors (Lipinski definition) is 14. The van der Waals surface area contributed by atoms with Crippen LogP contribution in [0.5, 0.6) is 0 Å². The van der Waals surface area contributed by atoms with Gasteiger partial charge in [0.1, 0.15) is 60.6 Å². The molecular weight excluding hydrogens is 1350 g/mol. The Morgan fingerprint density at radius 3 is 1.64 bits per heavy atom. The van der Waals surface area contributed by atoms with Crippen LogP contribution < -0.4 is 34.8 Å². The molecule has 14 N–H and O–H groups in total. The first-order valence-electron chi connectivity index (χ1n) is 32.2. The number of nitrogens with one attached hydrogen (secondary N) is 7. The molecule has 0 amide bonds. The Morgan fingerprint density at radius 1 is 0.616 bits per heavy atom. The van der Waals surface area contributed by atoms with Gasteiger partial charge in [0.05, 0.1) is 68.6 Å². The van der Waals surface area contributed by atoms with E-state index in [0.717, 1.165) is 11.3 Å². The minimum atomic E-state index is -3.82. The second kappa shape index (κ2) is 32.8. The van der Waals surface area contributed by atoms with E-state index in [-0.39, 0.29) is 59.5 Å². The van der Waals surface area contributed by atoms with E-state index in [0.29, 0.717) is 88.8 Å². The van der Waals surface area contributed by atoms with Gasteiger partial charge in [-0.1, -0.05) is 100 Å². The van der Waals surface area contributed by atoms with Crippen LogP contribution in [0.25, 0.3) is 33.5 Å². The number of hydrogen-bond acceptors (Lipinski definition) is 29. The molecule has 3 fully saturated rings. The van der Waals surface area contributed by atoms with Gasteiger partial charge in [-0.3, -0.25) is 18.4 Å². The van der Waals surface area contributed by atoms with E-state index in [9.17, 15) is 52.6 Å². The molecule has 12 atom stereocenters. The number of fused-ring (bicyclic) bond motifs is 3. The number of rotatable bonds is 27. The molecule has 3 aliphatic heterocycles. The number of aromatic amines is 1. The molecule has 0 radical (unpaired) electrons. The number of aryl methyl sites for hydroxylation is 1. The van der Waals surface area contributed by atoms with E-state index >= 15 is 0 Å². The molecule has 3 saturated heterocycles. The molecule has 12 rings (SSSR count). The van der Waals surface area contributed by atoms with Gasteiger partial charge in [-0.2, -0.15) is 4.68 Å². The van der Waals surface area contributed by atoms with Crippen LogP contribution in [0.2, 0.25) is 0 Å². The zero-order valence-corrected chi connectivity index (χ0v) is 58.2. The van der Waals surface area contributed by atoms with Gasteiger partial charge >= 0.3 is 0 Å². The first-order valence-corrected chi connectivity index (χ1v) is 36.3. The van der Waals surface area contributed by atoms with E-state index in [1.807, 2.05) is 51.1 Å². The number of H-pyrrole nitrogens is 1. The molecule has 0 unspecified atom stereocenters. The SMILES string of the molecule is CC[n+]1cc([C@H]2O[C@@H](n3cnc4c(NC)nc(CNSCC(C)C)nc43)[C@H](O)[C@@H]2O)n[nH]1.CNc1nc(CNS(=O)(=O)CC(C)C)nc2c1ncn2[C@@H]1O[C@H](CO)[C@@H](C)[C@H]1O.O=S(=O)(NCc1nc(NCCc2ccccc2)c2ncn([C@@H]3O[C@H](CO)[C@@H](O)[C@H]3O)c2n1)c1ccccc1. The van der Waals surface area contributed by atoms with Crippen LogP contribution in [0.4, 0.5) is 17.5 Å². The lowest BCUT2D eigenvalue weighted by molar-refractivity contribution is -0.750. The normalized spacial score (nSPS) is 23.3. The molecule has 2 aromatic carbocycles. The molecule has 10 heterocycles. The third-order valence-corrected chi connectivity index (χ3v) is 20.7. The van der Waals surface area contributed by atoms with Crippen LogP contribution in [-0.2, 0) is 66.9 Å². The van der Waals surface area contributed by atoms with Gasteiger partial charge in [0.2, 0.25) is 25.7 Å². The number of benzene rings is 2. The van der Waals surface area contributed by atoms with Crippen molar-refractivity contribution >= 4 is 82.9 Å². The van der Waals surface area contributed by atoms with Gasteiger partial charge in [-0.05, 0) is 42.9 Å². The van der Waals surface area contributed by atoms with Gasteiger partial charge in [0.15, 0.2) is 81.9 Å². The molecule has 9 aromatic rings. The van der Waals surface area contributed by atoms with Crippen LogP contribution in [0.1, 0.15) is 95.1 Å². The van der Waals surface area contributed by atoms with Gasteiger partial charge in [0.25, 0.3) is 0 Å². The van der Waals surface area contributed by atoms with Gasteiger partial charge in [-0.15, -0.1) is 0 Å². The van der Waals surface area contributed by atoms with Crippen molar-refractivity contribution in [1.29, 1.82) is 0 Å². The lowest BCUT2D eigenvalue weighted by Crippen LogP contribution is -2.33. The maximum atomic E-state index is 12.8. The molecule has 35 nitrogen and oxygen atoms in total. The summed E-state index contributed by atoms with van der Waals surface area (Å²) in [5.41, 5.74) is 4.23. The Kier molecular flexibility index (Phi) is 24.5. The fraction of sp³-hybridized carbons (Fsp3) is 0.525. The van der Waals surface area contributed by atoms with E-state index in [1.165, 1.54) is 29.4 Å². The van der Waals surface area contributed by atoms with Crippen molar-refractivity contribution in [1.82, 2.24) is 83.0 Å². The summed E-state index contributed by atoms with van der Waals surface area (Å²) < 4.78 is 82.0. The highest BCUT2D eigenvalue weighted by atomic mass is 32.2. The third kappa shape index (κ3) is 17.2. The predicted molar refractivity (Wildman–Crippen MR) is 362 cm³/mol. The molecule has 0 spiro atoms. The molecule has 0 aliphatic carbocycles. The Labute approximate surface area is 574 Å². The van der Waals surface area contributed by atoms with Crippen molar-refractivity contribution in [2.75, 3.05) is 61.3 Å². The average molecular weight is 1430 g/mol. The van der Waals surface area contributed by atoms with Crippen LogP contribution >= 0.6 is 11.9 Å². The van der Waals surface area contributed by atoms with E-state index in [4.69, 9.17) is 14.2 Å². The zero-order valence-electron chi connectivity index (χ0n) is 55.7. The highest BCUT2D eigenvalue weighted by Crippen LogP contribution is 2.40. The fourth-order valence-electron chi connectivity index (χ4n) is 11.2. The topological polar surface area (TPSA) is 473 Å². The maximum Gasteiger partial charge on any atom is 0.249 e. The van der Waals surface area contributed by atoms with Crippen molar-refractivity contribution in [3.63, 3.8) is 0 Å². The summed E-state index contributed by atoms with van der Waals surface area (Å²) in [5, 5.41) is 87.9. The molecule has 3 aliphatic rings. The van der Waals surface area contributed by atoms with Crippen LogP contribution in [0.3, 0.4) is 0 Å². The van der Waals surface area contributed by atoms with E-state index in [1.54, 1.807) is 77.5 Å². The number of anilines is 3. The van der Waals surface area contributed by atoms with Crippen LogP contribution in [-0.4, -0.2) is 210 Å². The highest BCUT2D eigenvalue weighted by Gasteiger charge is 2.49. The Balaban J connectivity index is 0.000000162. The van der Waals surface area contributed by atoms with Crippen molar-refractivity contribution in [3.05, 3.63) is 115 Å². The van der Waals surface area contributed by atoms with Crippen LogP contribution in [0, 0.1) is 17.8 Å². The van der Waals surface area contributed by atoms with Gasteiger partial charge < -0.3 is 65.9 Å². The lowest BCUT2D eigenvalue weighted by atomic mass is 10.0. The number of aromatic nitrogens is 15.